The molecule has 7 heteroatoms. The number of nitrogens with zero attached hydrogens (tertiary/aromatic N) is 4. The summed E-state index contributed by atoms with van der Waals surface area (Å²) < 4.78 is 4.66. The van der Waals surface area contributed by atoms with Gasteiger partial charge in [-0.05, 0) is 38.1 Å². The summed E-state index contributed by atoms with van der Waals surface area (Å²) in [4.78, 5) is 26.1. The number of carbonyl (C=O) groups excluding carboxylic acids is 1. The van der Waals surface area contributed by atoms with Gasteiger partial charge in [-0.15, -0.1) is 0 Å². The van der Waals surface area contributed by atoms with Crippen molar-refractivity contribution in [1.29, 1.82) is 0 Å². The molecule has 0 spiro atoms. The molecular weight excluding hydrogens is 282 g/mol. The molecule has 7 nitrogen and oxygen atoms in total. The van der Waals surface area contributed by atoms with Gasteiger partial charge in [0.05, 0.1) is 12.7 Å². The second kappa shape index (κ2) is 7.35. The molecule has 1 heterocycles. The van der Waals surface area contributed by atoms with Gasteiger partial charge in [-0.3, -0.25) is 0 Å². The first-order valence-corrected chi connectivity index (χ1v) is 7.07. The van der Waals surface area contributed by atoms with Crippen LogP contribution >= 0.6 is 0 Å². The van der Waals surface area contributed by atoms with Crippen LogP contribution in [0.4, 0.5) is 17.6 Å². The Labute approximate surface area is 129 Å². The molecule has 0 aliphatic rings. The van der Waals surface area contributed by atoms with Crippen molar-refractivity contribution in [3.63, 3.8) is 0 Å². The van der Waals surface area contributed by atoms with E-state index < -0.39 is 0 Å². The topological polar surface area (TPSA) is 80.2 Å². The zero-order chi connectivity index (χ0) is 15.9. The Morgan fingerprint density at radius 1 is 1.18 bits per heavy atom. The van der Waals surface area contributed by atoms with E-state index in [2.05, 4.69) is 25.0 Å². The number of aromatic nitrogens is 3. The average molecular weight is 301 g/mol. The van der Waals surface area contributed by atoms with Crippen LogP contribution in [0.1, 0.15) is 24.2 Å². The van der Waals surface area contributed by atoms with Crippen LogP contribution < -0.4 is 10.2 Å². The lowest BCUT2D eigenvalue weighted by Gasteiger charge is -2.18. The van der Waals surface area contributed by atoms with Crippen molar-refractivity contribution >= 4 is 23.6 Å². The molecule has 0 atom stereocenters. The Bertz CT molecular complexity index is 626. The zero-order valence-corrected chi connectivity index (χ0v) is 12.9. The van der Waals surface area contributed by atoms with Gasteiger partial charge in [0.1, 0.15) is 6.33 Å². The monoisotopic (exact) mass is 301 g/mol. The van der Waals surface area contributed by atoms with Gasteiger partial charge >= 0.3 is 5.97 Å². The van der Waals surface area contributed by atoms with Crippen LogP contribution in [0, 0.1) is 0 Å². The predicted octanol–water partition coefficient (Wildman–Crippen LogP) is 2.25. The molecular formula is C15H19N5O2. The molecule has 1 N–H and O–H groups in total. The Kier molecular flexibility index (Phi) is 5.24. The fraction of sp³-hybridized carbons (Fsp3) is 0.333. The number of hydrogen-bond acceptors (Lipinski definition) is 7. The maximum Gasteiger partial charge on any atom is 0.337 e. The van der Waals surface area contributed by atoms with Crippen LogP contribution in [-0.2, 0) is 4.74 Å². The summed E-state index contributed by atoms with van der Waals surface area (Å²) in [5, 5.41) is 3.09. The van der Waals surface area contributed by atoms with E-state index in [0.29, 0.717) is 17.5 Å². The fourth-order valence-corrected chi connectivity index (χ4v) is 1.94. The summed E-state index contributed by atoms with van der Waals surface area (Å²) >= 11 is 0. The number of esters is 1. The molecule has 22 heavy (non-hydrogen) atoms. The zero-order valence-electron chi connectivity index (χ0n) is 12.9. The highest BCUT2D eigenvalue weighted by atomic mass is 16.5. The maximum atomic E-state index is 11.4. The van der Waals surface area contributed by atoms with Crippen molar-refractivity contribution < 1.29 is 9.53 Å². The van der Waals surface area contributed by atoms with Crippen molar-refractivity contribution in [2.75, 3.05) is 30.4 Å². The van der Waals surface area contributed by atoms with Gasteiger partial charge in [0, 0.05) is 18.8 Å². The number of carbonyl (C=O) groups is 1. The number of benzene rings is 1. The van der Waals surface area contributed by atoms with Gasteiger partial charge in [0.25, 0.3) is 0 Å². The number of nitrogens with one attached hydrogen (secondary N) is 1. The van der Waals surface area contributed by atoms with Crippen molar-refractivity contribution in [2.45, 2.75) is 13.8 Å². The van der Waals surface area contributed by atoms with Crippen molar-refractivity contribution in [3.8, 4) is 0 Å². The molecule has 0 saturated heterocycles. The summed E-state index contributed by atoms with van der Waals surface area (Å²) in [6.45, 7) is 5.75. The summed E-state index contributed by atoms with van der Waals surface area (Å²) in [5.41, 5.74) is 1.27. The summed E-state index contributed by atoms with van der Waals surface area (Å²) in [7, 11) is 1.36. The summed E-state index contributed by atoms with van der Waals surface area (Å²) in [5.74, 6) is 0.729. The lowest BCUT2D eigenvalue weighted by Crippen LogP contribution is -2.24. The number of ether oxygens (including phenoxy) is 1. The quantitative estimate of drug-likeness (QED) is 0.819. The summed E-state index contributed by atoms with van der Waals surface area (Å²) in [6, 6.07) is 6.90. The van der Waals surface area contributed by atoms with Gasteiger partial charge in [0.15, 0.2) is 0 Å². The molecule has 2 rings (SSSR count). The Morgan fingerprint density at radius 3 is 2.45 bits per heavy atom. The highest BCUT2D eigenvalue weighted by Gasteiger charge is 2.08. The molecule has 0 bridgehead atoms. The largest absolute Gasteiger partial charge is 0.465 e. The number of hydrogen-bond donors (Lipinski definition) is 1. The minimum absolute atomic E-state index is 0.365. The van der Waals surface area contributed by atoms with Crippen molar-refractivity contribution in [2.24, 2.45) is 0 Å². The van der Waals surface area contributed by atoms with Gasteiger partial charge in [-0.25, -0.2) is 14.8 Å². The first kappa shape index (κ1) is 15.7. The second-order valence-corrected chi connectivity index (χ2v) is 4.48. The maximum absolute atomic E-state index is 11.4. The summed E-state index contributed by atoms with van der Waals surface area (Å²) in [6.07, 6.45) is 1.48. The SMILES string of the molecule is CCN(CC)c1ncnc(Nc2ccc(C(=O)OC)cc2)n1. The molecule has 1 aromatic heterocycles. The van der Waals surface area contributed by atoms with Crippen LogP contribution in [0.3, 0.4) is 0 Å². The highest BCUT2D eigenvalue weighted by molar-refractivity contribution is 5.89. The number of methoxy groups -OCH3 is 1. The van der Waals surface area contributed by atoms with Crippen LogP contribution in [0.15, 0.2) is 30.6 Å². The van der Waals surface area contributed by atoms with E-state index in [1.807, 2.05) is 18.7 Å². The van der Waals surface area contributed by atoms with Crippen molar-refractivity contribution in [3.05, 3.63) is 36.2 Å². The van der Waals surface area contributed by atoms with Gasteiger partial charge < -0.3 is 15.0 Å². The molecule has 0 radical (unpaired) electrons. The lowest BCUT2D eigenvalue weighted by molar-refractivity contribution is 0.0601. The third-order valence-electron chi connectivity index (χ3n) is 3.17. The van der Waals surface area contributed by atoms with Crippen LogP contribution in [0.25, 0.3) is 0 Å². The molecule has 1 aromatic carbocycles. The Hall–Kier alpha value is -2.70. The molecule has 0 aliphatic carbocycles. The lowest BCUT2D eigenvalue weighted by atomic mass is 10.2. The second-order valence-electron chi connectivity index (χ2n) is 4.48. The van der Waals surface area contributed by atoms with Crippen LogP contribution in [0.5, 0.6) is 0 Å². The van der Waals surface area contributed by atoms with Crippen molar-refractivity contribution in [1.82, 2.24) is 15.0 Å². The Balaban J connectivity index is 2.13. The fourth-order valence-electron chi connectivity index (χ4n) is 1.94. The van der Waals surface area contributed by atoms with Gasteiger partial charge in [-0.1, -0.05) is 0 Å². The number of rotatable bonds is 6. The molecule has 2 aromatic rings. The molecule has 0 aliphatic heterocycles. The van der Waals surface area contributed by atoms with Gasteiger partial charge in [-0.2, -0.15) is 4.98 Å². The minimum Gasteiger partial charge on any atom is -0.465 e. The van der Waals surface area contributed by atoms with E-state index in [-0.39, 0.29) is 5.97 Å². The highest BCUT2D eigenvalue weighted by Crippen LogP contribution is 2.15. The van der Waals surface area contributed by atoms with Crippen LogP contribution in [0.2, 0.25) is 0 Å². The third-order valence-corrected chi connectivity index (χ3v) is 3.17. The molecule has 0 unspecified atom stereocenters. The van der Waals surface area contributed by atoms with E-state index in [4.69, 9.17) is 0 Å². The molecule has 0 amide bonds. The normalized spacial score (nSPS) is 10.1. The average Bonchev–Trinajstić information content (AvgIpc) is 2.56. The van der Waals surface area contributed by atoms with Gasteiger partial charge in [0.2, 0.25) is 11.9 Å². The smallest absolute Gasteiger partial charge is 0.337 e. The third kappa shape index (κ3) is 3.69. The molecule has 0 fully saturated rings. The molecule has 0 saturated carbocycles. The van der Waals surface area contributed by atoms with E-state index in [0.717, 1.165) is 18.8 Å². The minimum atomic E-state index is -0.365. The van der Waals surface area contributed by atoms with E-state index >= 15 is 0 Å². The standard InChI is InChI=1S/C15H19N5O2/c1-4-20(5-2)15-17-10-16-14(19-15)18-12-8-6-11(7-9-12)13(21)22-3/h6-10H,4-5H2,1-3H3,(H,16,17,18,19). The number of anilines is 3. The molecule has 116 valence electrons. The predicted molar refractivity (Wildman–Crippen MR) is 84.5 cm³/mol. The van der Waals surface area contributed by atoms with E-state index in [9.17, 15) is 4.79 Å². The van der Waals surface area contributed by atoms with E-state index in [1.54, 1.807) is 24.3 Å². The van der Waals surface area contributed by atoms with E-state index in [1.165, 1.54) is 13.4 Å². The Morgan fingerprint density at radius 2 is 1.86 bits per heavy atom. The van der Waals surface area contributed by atoms with Crippen LogP contribution in [-0.4, -0.2) is 41.1 Å². The first-order chi connectivity index (χ1) is 10.7. The first-order valence-electron chi connectivity index (χ1n) is 7.07.